The van der Waals surface area contributed by atoms with E-state index in [4.69, 9.17) is 5.11 Å². The van der Waals surface area contributed by atoms with Gasteiger partial charge in [0.15, 0.2) is 2.74 Å². The van der Waals surface area contributed by atoms with E-state index in [9.17, 15) is 19.5 Å². The summed E-state index contributed by atoms with van der Waals surface area (Å²) >= 11 is 8.84. The van der Waals surface area contributed by atoms with Crippen LogP contribution >= 0.6 is 68.4 Å². The highest BCUT2D eigenvalue weighted by Crippen LogP contribution is 2.65. The second kappa shape index (κ2) is 23.1. The van der Waals surface area contributed by atoms with Gasteiger partial charge in [-0.05, 0) is 25.7 Å². The maximum atomic E-state index is 12.1. The summed E-state index contributed by atoms with van der Waals surface area (Å²) in [6.07, 6.45) is 19.5. The predicted molar refractivity (Wildman–Crippen MR) is 174 cm³/mol. The molecule has 0 saturated carbocycles. The summed E-state index contributed by atoms with van der Waals surface area (Å²) in [5, 5.41) is 21.2. The molecule has 1 amide bonds. The van der Waals surface area contributed by atoms with Gasteiger partial charge in [0.2, 0.25) is 5.91 Å². The Morgan fingerprint density at radius 2 is 1.13 bits per heavy atom. The van der Waals surface area contributed by atoms with Crippen LogP contribution < -0.4 is 5.32 Å². The standard InChI is InChI=1S/C26H47NO5S6/c28-22(27-20-16-15-17-21(24(31)32)25-35-37-26(33,34)38-36-25)18-13-11-9-7-5-3-1-2-4-6-8-10-12-14-19-23(29)30/h21,25,33-34H,1-20H2,(H,27,28)(H,29,30)(H,31,32)/t21-/m0/s1. The highest BCUT2D eigenvalue weighted by Gasteiger charge is 2.38. The van der Waals surface area contributed by atoms with E-state index in [0.717, 1.165) is 44.9 Å². The molecule has 1 fully saturated rings. The molecule has 0 aromatic carbocycles. The molecular weight excluding hydrogens is 599 g/mol. The van der Waals surface area contributed by atoms with Crippen molar-refractivity contribution in [1.29, 1.82) is 0 Å². The SMILES string of the molecule is O=C(O)CCCCCCCCCCCCCCCCC(=O)NCCCC[C@@H](C(=O)O)C1SSC(S)(S)SS1. The van der Waals surface area contributed by atoms with Gasteiger partial charge in [-0.3, -0.25) is 14.4 Å². The molecule has 0 bridgehead atoms. The van der Waals surface area contributed by atoms with Crippen molar-refractivity contribution in [3.8, 4) is 0 Å². The zero-order valence-corrected chi connectivity index (χ0v) is 27.5. The Hall–Kier alpha value is 0.510. The molecule has 1 atom stereocenters. The molecule has 0 unspecified atom stereocenters. The van der Waals surface area contributed by atoms with Crippen molar-refractivity contribution in [1.82, 2.24) is 5.32 Å². The fourth-order valence-electron chi connectivity index (χ4n) is 4.25. The number of aliphatic carboxylic acids is 2. The minimum atomic E-state index is -0.760. The number of amides is 1. The van der Waals surface area contributed by atoms with Crippen molar-refractivity contribution in [2.45, 2.75) is 129 Å². The Balaban J connectivity index is 1.87. The third-order valence-corrected chi connectivity index (χ3v) is 16.5. The number of carboxylic acids is 2. The zero-order chi connectivity index (χ0) is 28.1. The first kappa shape index (κ1) is 36.5. The van der Waals surface area contributed by atoms with Crippen molar-refractivity contribution < 1.29 is 24.6 Å². The molecular formula is C26H47NO5S6. The van der Waals surface area contributed by atoms with E-state index in [-0.39, 0.29) is 10.5 Å². The molecule has 38 heavy (non-hydrogen) atoms. The number of carbonyl (C=O) groups excluding carboxylic acids is 1. The number of unbranched alkanes of at least 4 members (excludes halogenated alkanes) is 14. The van der Waals surface area contributed by atoms with Crippen molar-refractivity contribution in [2.24, 2.45) is 5.92 Å². The monoisotopic (exact) mass is 645 g/mol. The Bertz CT molecular complexity index is 660. The minimum Gasteiger partial charge on any atom is -0.481 e. The van der Waals surface area contributed by atoms with Crippen molar-refractivity contribution in [2.75, 3.05) is 6.54 Å². The van der Waals surface area contributed by atoms with Gasteiger partial charge in [-0.25, -0.2) is 0 Å². The van der Waals surface area contributed by atoms with Gasteiger partial charge >= 0.3 is 11.9 Å². The summed E-state index contributed by atoms with van der Waals surface area (Å²) in [7, 11) is 6.08. The lowest BCUT2D eigenvalue weighted by Crippen LogP contribution is -2.26. The van der Waals surface area contributed by atoms with Crippen LogP contribution in [0.5, 0.6) is 0 Å². The topological polar surface area (TPSA) is 104 Å². The van der Waals surface area contributed by atoms with E-state index < -0.39 is 20.6 Å². The predicted octanol–water partition coefficient (Wildman–Crippen LogP) is 8.87. The van der Waals surface area contributed by atoms with Gasteiger partial charge in [0.1, 0.15) is 0 Å². The molecule has 0 radical (unpaired) electrons. The van der Waals surface area contributed by atoms with Crippen LogP contribution in [-0.2, 0) is 14.4 Å². The van der Waals surface area contributed by atoms with Gasteiger partial charge < -0.3 is 15.5 Å². The van der Waals surface area contributed by atoms with Crippen LogP contribution in [-0.4, -0.2) is 41.9 Å². The summed E-state index contributed by atoms with van der Waals surface area (Å²) < 4.78 is -0.517. The summed E-state index contributed by atoms with van der Waals surface area (Å²) in [5.74, 6) is -1.75. The van der Waals surface area contributed by atoms with Crippen molar-refractivity contribution in [3.63, 3.8) is 0 Å². The van der Waals surface area contributed by atoms with Crippen LogP contribution in [0.25, 0.3) is 0 Å². The lowest BCUT2D eigenvalue weighted by Gasteiger charge is -2.32. The molecule has 0 spiro atoms. The number of carbonyl (C=O) groups is 3. The number of nitrogens with one attached hydrogen (secondary N) is 1. The molecule has 1 heterocycles. The first-order chi connectivity index (χ1) is 18.2. The van der Waals surface area contributed by atoms with Crippen LogP contribution in [0.2, 0.25) is 0 Å². The van der Waals surface area contributed by atoms with Gasteiger partial charge in [0.05, 0.1) is 10.5 Å². The lowest BCUT2D eigenvalue weighted by molar-refractivity contribution is -0.141. The van der Waals surface area contributed by atoms with Crippen LogP contribution in [0.3, 0.4) is 0 Å². The van der Waals surface area contributed by atoms with Crippen molar-refractivity contribution >= 4 is 86.3 Å². The van der Waals surface area contributed by atoms with E-state index in [1.807, 2.05) is 0 Å². The van der Waals surface area contributed by atoms with Gasteiger partial charge in [0.25, 0.3) is 0 Å². The summed E-state index contributed by atoms with van der Waals surface area (Å²) in [6, 6.07) is 0. The highest BCUT2D eigenvalue weighted by molar-refractivity contribution is 8.97. The average Bonchev–Trinajstić information content (AvgIpc) is 2.86. The molecule has 1 saturated heterocycles. The second-order valence-electron chi connectivity index (χ2n) is 9.91. The first-order valence-electron chi connectivity index (χ1n) is 14.1. The highest BCUT2D eigenvalue weighted by atomic mass is 33.2. The molecule has 6 nitrogen and oxygen atoms in total. The first-order valence-corrected chi connectivity index (χ1v) is 19.4. The number of thiol groups is 2. The van der Waals surface area contributed by atoms with Crippen LogP contribution in [0.15, 0.2) is 0 Å². The van der Waals surface area contributed by atoms with Gasteiger partial charge in [-0.2, -0.15) is 0 Å². The fraction of sp³-hybridized carbons (Fsp3) is 0.885. The molecule has 0 aliphatic carbocycles. The zero-order valence-electron chi connectivity index (χ0n) is 22.4. The quantitative estimate of drug-likeness (QED) is 0.0305. The number of rotatable bonds is 24. The number of hydrogen-bond acceptors (Lipinski definition) is 9. The van der Waals surface area contributed by atoms with Crippen LogP contribution in [0.1, 0.15) is 122 Å². The van der Waals surface area contributed by atoms with E-state index in [1.54, 1.807) is 21.6 Å². The molecule has 1 rings (SSSR count). The minimum absolute atomic E-state index is 0.0244. The smallest absolute Gasteiger partial charge is 0.308 e. The normalized spacial score (nSPS) is 16.3. The Kier molecular flexibility index (Phi) is 22.2. The summed E-state index contributed by atoms with van der Waals surface area (Å²) in [5.41, 5.74) is 0. The summed E-state index contributed by atoms with van der Waals surface area (Å²) in [6.45, 7) is 0.612. The van der Waals surface area contributed by atoms with E-state index in [0.29, 0.717) is 25.8 Å². The number of carboxylic acid groups (broad SMARTS) is 2. The van der Waals surface area contributed by atoms with Gasteiger partial charge in [0, 0.05) is 19.4 Å². The fourth-order valence-corrected chi connectivity index (χ4v) is 12.9. The third-order valence-electron chi connectivity index (χ3n) is 6.46. The lowest BCUT2D eigenvalue weighted by atomic mass is 10.0. The molecule has 12 heteroatoms. The van der Waals surface area contributed by atoms with E-state index in [1.165, 1.54) is 79.4 Å². The van der Waals surface area contributed by atoms with Crippen LogP contribution in [0.4, 0.5) is 0 Å². The maximum absolute atomic E-state index is 12.1. The second-order valence-corrected chi connectivity index (χ2v) is 18.5. The molecule has 1 aliphatic rings. The summed E-state index contributed by atoms with van der Waals surface area (Å²) in [4.78, 5) is 34.2. The molecule has 3 N–H and O–H groups in total. The Labute approximate surface area is 256 Å². The average molecular weight is 646 g/mol. The molecule has 1 aliphatic heterocycles. The molecule has 0 aromatic heterocycles. The Morgan fingerprint density at radius 1 is 0.684 bits per heavy atom. The van der Waals surface area contributed by atoms with Gasteiger partial charge in [-0.1, -0.05) is 127 Å². The number of hydrogen-bond donors (Lipinski definition) is 5. The Morgan fingerprint density at radius 3 is 1.58 bits per heavy atom. The molecule has 222 valence electrons. The third kappa shape index (κ3) is 20.4. The maximum Gasteiger partial charge on any atom is 0.308 e. The largest absolute Gasteiger partial charge is 0.481 e. The van der Waals surface area contributed by atoms with Crippen LogP contribution in [0, 0.1) is 5.92 Å². The van der Waals surface area contributed by atoms with Crippen molar-refractivity contribution in [3.05, 3.63) is 0 Å². The van der Waals surface area contributed by atoms with Gasteiger partial charge in [-0.15, -0.1) is 25.3 Å². The molecule has 0 aromatic rings. The van der Waals surface area contributed by atoms with E-state index in [2.05, 4.69) is 30.6 Å². The van der Waals surface area contributed by atoms with E-state index >= 15 is 0 Å².